The normalized spacial score (nSPS) is 9.29. The summed E-state index contributed by atoms with van der Waals surface area (Å²) in [5.41, 5.74) is 3.41. The summed E-state index contributed by atoms with van der Waals surface area (Å²) in [6.45, 7) is 7.38. The largest absolute Gasteiger partial charge is 0.198 e. The fourth-order valence-corrected chi connectivity index (χ4v) is 1.69. The van der Waals surface area contributed by atoms with E-state index in [-0.39, 0.29) is 0 Å². The number of nitriles is 1. The molecule has 0 aliphatic heterocycles. The third-order valence-corrected chi connectivity index (χ3v) is 2.75. The van der Waals surface area contributed by atoms with Crippen molar-refractivity contribution in [2.75, 3.05) is 0 Å². The molecule has 0 aliphatic carbocycles. The summed E-state index contributed by atoms with van der Waals surface area (Å²) < 4.78 is 0. The molecule has 2 rings (SSSR count). The Morgan fingerprint density at radius 2 is 1.38 bits per heavy atom. The van der Waals surface area contributed by atoms with E-state index in [9.17, 15) is 0 Å². The minimum absolute atomic E-state index is 0.481. The summed E-state index contributed by atoms with van der Waals surface area (Å²) >= 11 is 0. The highest BCUT2D eigenvalue weighted by Gasteiger charge is 1.89. The van der Waals surface area contributed by atoms with E-state index in [0.29, 0.717) is 6.42 Å². The van der Waals surface area contributed by atoms with E-state index in [1.54, 1.807) is 0 Å². The van der Waals surface area contributed by atoms with Crippen LogP contribution < -0.4 is 0 Å². The maximum absolute atomic E-state index is 8.24. The number of hydrogen-bond acceptors (Lipinski definition) is 1. The molecule has 0 aliphatic rings. The highest BCUT2D eigenvalue weighted by Crippen LogP contribution is 2.10. The van der Waals surface area contributed by atoms with Crippen LogP contribution in [-0.2, 0) is 0 Å². The molecule has 0 bridgehead atoms. The Kier molecular flexibility index (Phi) is 7.72. The fourth-order valence-electron chi connectivity index (χ4n) is 1.69. The first-order valence-electron chi connectivity index (χ1n) is 6.74. The lowest BCUT2D eigenvalue weighted by Gasteiger charge is -1.96. The summed E-state index contributed by atoms with van der Waals surface area (Å²) in [5, 5.41) is 8.24. The number of nitrogens with zero attached hydrogens (tertiary/aromatic N) is 1. The van der Waals surface area contributed by atoms with Gasteiger partial charge >= 0.3 is 0 Å². The summed E-state index contributed by atoms with van der Waals surface area (Å²) in [6, 6.07) is 20.0. The molecule has 0 spiro atoms. The van der Waals surface area contributed by atoms with Gasteiger partial charge in [-0.3, -0.25) is 0 Å². The molecule has 0 heterocycles. The van der Waals surface area contributed by atoms with E-state index in [1.807, 2.05) is 78.9 Å². The predicted octanol–water partition coefficient (Wildman–Crippen LogP) is 5.59. The monoisotopic (exact) mass is 273 g/mol. The molecule has 0 N–H and O–H groups in total. The first-order valence-corrected chi connectivity index (χ1v) is 6.74. The van der Waals surface area contributed by atoms with Gasteiger partial charge in [0, 0.05) is 0 Å². The lowest BCUT2D eigenvalue weighted by atomic mass is 10.1. The highest BCUT2D eigenvalue weighted by atomic mass is 14.2. The Hall–Kier alpha value is -2.85. The summed E-state index contributed by atoms with van der Waals surface area (Å²) in [5.74, 6) is 0. The molecule has 0 radical (unpaired) electrons. The van der Waals surface area contributed by atoms with Gasteiger partial charge in [-0.2, -0.15) is 5.26 Å². The van der Waals surface area contributed by atoms with Crippen LogP contribution in [0.15, 0.2) is 73.8 Å². The quantitative estimate of drug-likeness (QED) is 0.712. The second-order valence-electron chi connectivity index (χ2n) is 4.21. The Labute approximate surface area is 127 Å². The van der Waals surface area contributed by atoms with Crippen LogP contribution in [0.2, 0.25) is 0 Å². The van der Waals surface area contributed by atoms with Crippen molar-refractivity contribution < 1.29 is 0 Å². The molecule has 104 valence electrons. The van der Waals surface area contributed by atoms with E-state index >= 15 is 0 Å². The minimum atomic E-state index is 0.481. The average molecular weight is 273 g/mol. The SMILES string of the molecule is C=Cc1ccccc1C=C.N#CCC=Cc1ccccc1. The summed E-state index contributed by atoms with van der Waals surface area (Å²) in [4.78, 5) is 0. The van der Waals surface area contributed by atoms with Gasteiger partial charge in [-0.1, -0.05) is 92.1 Å². The highest BCUT2D eigenvalue weighted by molar-refractivity contribution is 5.63. The van der Waals surface area contributed by atoms with Crippen LogP contribution in [0.4, 0.5) is 0 Å². The molecule has 1 nitrogen and oxygen atoms in total. The molecule has 21 heavy (non-hydrogen) atoms. The molecule has 2 aromatic carbocycles. The zero-order valence-corrected chi connectivity index (χ0v) is 12.1. The number of benzene rings is 2. The molecular formula is C20H19N. The maximum Gasteiger partial charge on any atom is 0.0663 e. The fraction of sp³-hybridized carbons (Fsp3) is 0.0500. The van der Waals surface area contributed by atoms with E-state index < -0.39 is 0 Å². The number of rotatable bonds is 4. The zero-order valence-electron chi connectivity index (χ0n) is 12.1. The standard InChI is InChI=1S/C10H9N.C10H10/c11-9-5-4-8-10-6-2-1-3-7-10;1-3-9-7-5-6-8-10(9)4-2/h1-4,6-8H,5H2;3-8H,1-2H2. The Balaban J connectivity index is 0.000000211. The van der Waals surface area contributed by atoms with Crippen molar-refractivity contribution in [3.8, 4) is 6.07 Å². The van der Waals surface area contributed by atoms with Crippen LogP contribution in [0.25, 0.3) is 18.2 Å². The van der Waals surface area contributed by atoms with Gasteiger partial charge in [0.05, 0.1) is 12.5 Å². The molecule has 0 amide bonds. The molecule has 0 unspecified atom stereocenters. The van der Waals surface area contributed by atoms with Gasteiger partial charge in [0.25, 0.3) is 0 Å². The molecule has 1 heteroatoms. The lowest BCUT2D eigenvalue weighted by Crippen LogP contribution is -1.76. The number of allylic oxidation sites excluding steroid dienone is 1. The molecule has 0 fully saturated rings. The van der Waals surface area contributed by atoms with Crippen molar-refractivity contribution in [1.82, 2.24) is 0 Å². The van der Waals surface area contributed by atoms with Crippen LogP contribution >= 0.6 is 0 Å². The summed E-state index contributed by atoms with van der Waals surface area (Å²) in [6.07, 6.45) is 7.95. The first-order chi connectivity index (χ1) is 10.3. The number of hydrogen-bond donors (Lipinski definition) is 0. The summed E-state index contributed by atoms with van der Waals surface area (Å²) in [7, 11) is 0. The Morgan fingerprint density at radius 1 is 0.857 bits per heavy atom. The smallest absolute Gasteiger partial charge is 0.0663 e. The van der Waals surface area contributed by atoms with Crippen LogP contribution in [0.5, 0.6) is 0 Å². The van der Waals surface area contributed by atoms with E-state index in [2.05, 4.69) is 19.2 Å². The first kappa shape index (κ1) is 16.2. The van der Waals surface area contributed by atoms with Gasteiger partial charge in [0.2, 0.25) is 0 Å². The molecule has 0 aromatic heterocycles. The van der Waals surface area contributed by atoms with Crippen molar-refractivity contribution in [3.05, 3.63) is 90.5 Å². The zero-order chi connectivity index (χ0) is 15.3. The van der Waals surface area contributed by atoms with E-state index in [1.165, 1.54) is 0 Å². The maximum atomic E-state index is 8.24. The van der Waals surface area contributed by atoms with Crippen LogP contribution in [0, 0.1) is 11.3 Å². The van der Waals surface area contributed by atoms with Crippen LogP contribution in [0.3, 0.4) is 0 Å². The predicted molar refractivity (Wildman–Crippen MR) is 92.3 cm³/mol. The second-order valence-corrected chi connectivity index (χ2v) is 4.21. The topological polar surface area (TPSA) is 23.8 Å². The van der Waals surface area contributed by atoms with Gasteiger partial charge in [0.1, 0.15) is 0 Å². The van der Waals surface area contributed by atoms with Crippen molar-refractivity contribution >= 4 is 18.2 Å². The molecular weight excluding hydrogens is 254 g/mol. The third kappa shape index (κ3) is 6.22. The van der Waals surface area contributed by atoms with Gasteiger partial charge in [0.15, 0.2) is 0 Å². The molecule has 0 saturated carbocycles. The van der Waals surface area contributed by atoms with Crippen LogP contribution in [-0.4, -0.2) is 0 Å². The molecule has 0 saturated heterocycles. The van der Waals surface area contributed by atoms with Crippen molar-refractivity contribution in [2.45, 2.75) is 6.42 Å². The van der Waals surface area contributed by atoms with E-state index in [4.69, 9.17) is 5.26 Å². The van der Waals surface area contributed by atoms with Crippen molar-refractivity contribution in [3.63, 3.8) is 0 Å². The molecule has 2 aromatic rings. The van der Waals surface area contributed by atoms with Gasteiger partial charge in [-0.15, -0.1) is 0 Å². The lowest BCUT2D eigenvalue weighted by molar-refractivity contribution is 1.36. The Morgan fingerprint density at radius 3 is 1.86 bits per heavy atom. The Bertz CT molecular complexity index is 603. The van der Waals surface area contributed by atoms with Gasteiger partial charge in [-0.25, -0.2) is 0 Å². The van der Waals surface area contributed by atoms with Crippen LogP contribution in [0.1, 0.15) is 23.1 Å². The van der Waals surface area contributed by atoms with E-state index in [0.717, 1.165) is 16.7 Å². The van der Waals surface area contributed by atoms with Crippen molar-refractivity contribution in [2.24, 2.45) is 0 Å². The van der Waals surface area contributed by atoms with Gasteiger partial charge in [-0.05, 0) is 16.7 Å². The molecule has 0 atom stereocenters. The average Bonchev–Trinajstić information content (AvgIpc) is 2.56. The van der Waals surface area contributed by atoms with Crippen molar-refractivity contribution in [1.29, 1.82) is 5.26 Å². The third-order valence-electron chi connectivity index (χ3n) is 2.75. The minimum Gasteiger partial charge on any atom is -0.198 e. The second kappa shape index (κ2) is 10.00. The van der Waals surface area contributed by atoms with Gasteiger partial charge < -0.3 is 0 Å².